The summed E-state index contributed by atoms with van der Waals surface area (Å²) in [6, 6.07) is 2.37. The fraction of sp³-hybridized carbons (Fsp3) is 0.636. The molecule has 144 valence electrons. The van der Waals surface area contributed by atoms with E-state index in [2.05, 4.69) is 22.0 Å². The maximum Gasteiger partial charge on any atom is 0.194 e. The molecule has 26 heavy (non-hydrogen) atoms. The molecule has 2 aliphatic carbocycles. The Bertz CT molecular complexity index is 589. The van der Waals surface area contributed by atoms with Gasteiger partial charge in [-0.05, 0) is 97.7 Å². The van der Waals surface area contributed by atoms with Crippen LogP contribution in [0.25, 0.3) is 0 Å². The highest BCUT2D eigenvalue weighted by Crippen LogP contribution is 2.40. The molecule has 0 unspecified atom stereocenters. The van der Waals surface area contributed by atoms with Gasteiger partial charge in [-0.3, -0.25) is 0 Å². The van der Waals surface area contributed by atoms with Crippen LogP contribution in [0.15, 0.2) is 23.2 Å². The van der Waals surface area contributed by atoms with Crippen molar-refractivity contribution in [2.75, 3.05) is 0 Å². The second-order valence-corrected chi connectivity index (χ2v) is 8.72. The molecule has 0 aromatic heterocycles. The Labute approximate surface area is 163 Å². The minimum atomic E-state index is -1.36. The molecule has 0 atom stereocenters. The van der Waals surface area contributed by atoms with Crippen LogP contribution >= 0.6 is 15.9 Å². The molecular formula is C22H28BrF3. The summed E-state index contributed by atoms with van der Waals surface area (Å²) in [7, 11) is 0. The molecule has 0 nitrogen and oxygen atoms in total. The van der Waals surface area contributed by atoms with Gasteiger partial charge in [-0.25, -0.2) is 13.2 Å². The average molecular weight is 429 g/mol. The van der Waals surface area contributed by atoms with Crippen molar-refractivity contribution >= 4 is 15.9 Å². The Morgan fingerprint density at radius 1 is 0.808 bits per heavy atom. The van der Waals surface area contributed by atoms with Crippen molar-refractivity contribution in [3.05, 3.63) is 46.2 Å². The van der Waals surface area contributed by atoms with E-state index >= 15 is 0 Å². The van der Waals surface area contributed by atoms with E-state index in [-0.39, 0.29) is 5.92 Å². The van der Waals surface area contributed by atoms with E-state index in [4.69, 9.17) is 0 Å². The molecule has 2 saturated carbocycles. The van der Waals surface area contributed by atoms with Crippen LogP contribution in [0.4, 0.5) is 13.2 Å². The second-order valence-electron chi connectivity index (χ2n) is 8.19. The first-order valence-corrected chi connectivity index (χ1v) is 10.9. The smallest absolute Gasteiger partial charge is 0.194 e. The maximum absolute atomic E-state index is 13.5. The molecule has 0 aliphatic heterocycles. The van der Waals surface area contributed by atoms with Gasteiger partial charge >= 0.3 is 0 Å². The van der Waals surface area contributed by atoms with Gasteiger partial charge in [-0.2, -0.15) is 0 Å². The number of allylic oxidation sites excluding steroid dienone is 1. The van der Waals surface area contributed by atoms with E-state index < -0.39 is 17.5 Å². The Morgan fingerprint density at radius 3 is 1.81 bits per heavy atom. The lowest BCUT2D eigenvalue weighted by atomic mass is 9.74. The molecule has 0 heterocycles. The summed E-state index contributed by atoms with van der Waals surface area (Å²) >= 11 is 3.38. The predicted octanol–water partition coefficient (Wildman–Crippen LogP) is 7.87. The SMILES string of the molecule is Fc1cc(C2CCC(CCC3CCC(C=CBr)CC3)CC2)cc(F)c1F. The van der Waals surface area contributed by atoms with Gasteiger partial charge < -0.3 is 0 Å². The number of benzene rings is 1. The lowest BCUT2D eigenvalue weighted by molar-refractivity contribution is 0.246. The summed E-state index contributed by atoms with van der Waals surface area (Å²) in [6.45, 7) is 0. The number of halogens is 4. The van der Waals surface area contributed by atoms with Crippen molar-refractivity contribution in [1.29, 1.82) is 0 Å². The average Bonchev–Trinajstić information content (AvgIpc) is 2.66. The Balaban J connectivity index is 1.42. The molecule has 2 fully saturated rings. The van der Waals surface area contributed by atoms with Crippen LogP contribution in [-0.4, -0.2) is 0 Å². The third-order valence-corrected chi connectivity index (χ3v) is 6.85. The van der Waals surface area contributed by atoms with Gasteiger partial charge in [0, 0.05) is 0 Å². The number of hydrogen-bond acceptors (Lipinski definition) is 0. The van der Waals surface area contributed by atoms with Crippen molar-refractivity contribution in [2.45, 2.75) is 70.1 Å². The van der Waals surface area contributed by atoms with Crippen LogP contribution in [0, 0.1) is 35.2 Å². The highest BCUT2D eigenvalue weighted by atomic mass is 79.9. The predicted molar refractivity (Wildman–Crippen MR) is 104 cm³/mol. The summed E-state index contributed by atoms with van der Waals surface area (Å²) in [5.41, 5.74) is 0.623. The zero-order valence-corrected chi connectivity index (χ0v) is 16.8. The van der Waals surface area contributed by atoms with Gasteiger partial charge in [0.15, 0.2) is 17.5 Å². The van der Waals surface area contributed by atoms with Crippen molar-refractivity contribution in [3.63, 3.8) is 0 Å². The molecule has 0 radical (unpaired) electrons. The van der Waals surface area contributed by atoms with Crippen LogP contribution < -0.4 is 0 Å². The van der Waals surface area contributed by atoms with E-state index in [1.807, 2.05) is 4.99 Å². The molecule has 0 saturated heterocycles. The zero-order chi connectivity index (χ0) is 18.5. The molecule has 0 N–H and O–H groups in total. The lowest BCUT2D eigenvalue weighted by Crippen LogP contribution is -2.17. The third-order valence-electron chi connectivity index (χ3n) is 6.54. The van der Waals surface area contributed by atoms with E-state index in [9.17, 15) is 13.2 Å². The molecular weight excluding hydrogens is 401 g/mol. The van der Waals surface area contributed by atoms with Crippen LogP contribution in [0.1, 0.15) is 75.7 Å². The minimum Gasteiger partial charge on any atom is -0.204 e. The molecule has 0 bridgehead atoms. The Morgan fingerprint density at radius 2 is 1.31 bits per heavy atom. The van der Waals surface area contributed by atoms with E-state index in [0.717, 1.165) is 43.4 Å². The van der Waals surface area contributed by atoms with Gasteiger partial charge in [-0.1, -0.05) is 34.8 Å². The van der Waals surface area contributed by atoms with Crippen LogP contribution in [0.5, 0.6) is 0 Å². The first-order valence-electron chi connectivity index (χ1n) is 9.98. The van der Waals surface area contributed by atoms with Crippen LogP contribution in [0.3, 0.4) is 0 Å². The van der Waals surface area contributed by atoms with Crippen molar-refractivity contribution in [3.8, 4) is 0 Å². The molecule has 0 amide bonds. The van der Waals surface area contributed by atoms with Gasteiger partial charge in [-0.15, -0.1) is 0 Å². The molecule has 4 heteroatoms. The quantitative estimate of drug-likeness (QED) is 0.418. The first-order chi connectivity index (χ1) is 12.6. The normalized spacial score (nSPS) is 30.0. The molecule has 1 aromatic carbocycles. The van der Waals surface area contributed by atoms with E-state index in [0.29, 0.717) is 5.56 Å². The lowest BCUT2D eigenvalue weighted by Gasteiger charge is -2.31. The first kappa shape index (κ1) is 20.0. The van der Waals surface area contributed by atoms with Crippen LogP contribution in [0.2, 0.25) is 0 Å². The highest BCUT2D eigenvalue weighted by Gasteiger charge is 2.26. The summed E-state index contributed by atoms with van der Waals surface area (Å²) in [4.78, 5) is 2.00. The summed E-state index contributed by atoms with van der Waals surface area (Å²) in [5.74, 6) is -0.960. The largest absolute Gasteiger partial charge is 0.204 e. The topological polar surface area (TPSA) is 0 Å². The van der Waals surface area contributed by atoms with Crippen molar-refractivity contribution < 1.29 is 13.2 Å². The summed E-state index contributed by atoms with van der Waals surface area (Å²) in [6.07, 6.45) is 14.3. The Kier molecular flexibility index (Phi) is 7.25. The van der Waals surface area contributed by atoms with Crippen molar-refractivity contribution in [2.24, 2.45) is 17.8 Å². The van der Waals surface area contributed by atoms with Gasteiger partial charge in [0.1, 0.15) is 0 Å². The molecule has 1 aromatic rings. The number of rotatable bonds is 5. The van der Waals surface area contributed by atoms with Gasteiger partial charge in [0.2, 0.25) is 0 Å². The zero-order valence-electron chi connectivity index (χ0n) is 15.2. The molecule has 2 aliphatic rings. The number of hydrogen-bond donors (Lipinski definition) is 0. The van der Waals surface area contributed by atoms with Gasteiger partial charge in [0.25, 0.3) is 0 Å². The second kappa shape index (κ2) is 9.43. The van der Waals surface area contributed by atoms with Crippen molar-refractivity contribution in [1.82, 2.24) is 0 Å². The minimum absolute atomic E-state index is 0.169. The van der Waals surface area contributed by atoms with E-state index in [1.54, 1.807) is 0 Å². The third kappa shape index (κ3) is 5.15. The highest BCUT2D eigenvalue weighted by molar-refractivity contribution is 9.11. The Hall–Kier alpha value is -0.770. The standard InChI is InChI=1S/C22H28BrF3/c23-12-11-17-5-3-15(4-6-17)1-2-16-7-9-18(10-8-16)19-13-20(24)22(26)21(25)14-19/h11-18H,1-10H2. The molecule has 0 spiro atoms. The van der Waals surface area contributed by atoms with E-state index in [1.165, 1.54) is 50.7 Å². The fourth-order valence-corrected chi connectivity index (χ4v) is 5.27. The monoisotopic (exact) mass is 428 g/mol. The maximum atomic E-state index is 13.5. The summed E-state index contributed by atoms with van der Waals surface area (Å²) in [5, 5.41) is 0. The van der Waals surface area contributed by atoms with Crippen LogP contribution in [-0.2, 0) is 0 Å². The summed E-state index contributed by atoms with van der Waals surface area (Å²) < 4.78 is 40.0. The fourth-order valence-electron chi connectivity index (χ4n) is 4.84. The van der Waals surface area contributed by atoms with Gasteiger partial charge in [0.05, 0.1) is 0 Å². The molecule has 3 rings (SSSR count).